The predicted molar refractivity (Wildman–Crippen MR) is 107 cm³/mol. The van der Waals surface area contributed by atoms with Crippen molar-refractivity contribution in [3.63, 3.8) is 0 Å². The van der Waals surface area contributed by atoms with E-state index < -0.39 is 0 Å². The standard InChI is InChI=1S/C21H25FN2O3S/c1-4-27-21(26)19-16-9-10-24(13(2)3)12-17(16)28-20(19)23-18(25)11-14-5-7-15(22)8-6-14/h5-8,13H,4,9-12H2,1-3H3,(H,23,25)/p+1. The first-order valence-corrected chi connectivity index (χ1v) is 10.4. The highest BCUT2D eigenvalue weighted by Crippen LogP contribution is 2.35. The van der Waals surface area contributed by atoms with E-state index >= 15 is 0 Å². The Hall–Kier alpha value is -2.25. The first kappa shape index (κ1) is 20.5. The number of benzene rings is 1. The van der Waals surface area contributed by atoms with E-state index in [1.807, 2.05) is 0 Å². The lowest BCUT2D eigenvalue weighted by molar-refractivity contribution is -0.936. The van der Waals surface area contributed by atoms with Crippen molar-refractivity contribution in [2.75, 3.05) is 18.5 Å². The van der Waals surface area contributed by atoms with Crippen LogP contribution in [0.4, 0.5) is 9.39 Å². The molecule has 1 aromatic heterocycles. The topological polar surface area (TPSA) is 59.8 Å². The third kappa shape index (κ3) is 4.59. The third-order valence-corrected chi connectivity index (χ3v) is 6.15. The fourth-order valence-corrected chi connectivity index (χ4v) is 4.76. The molecular formula is C21H26FN2O3S+. The molecule has 2 heterocycles. The molecule has 0 fully saturated rings. The third-order valence-electron chi connectivity index (χ3n) is 5.00. The number of hydrogen-bond acceptors (Lipinski definition) is 4. The number of nitrogens with one attached hydrogen (secondary N) is 2. The van der Waals surface area contributed by atoms with Crippen molar-refractivity contribution < 1.29 is 23.6 Å². The number of thiophene rings is 1. The quantitative estimate of drug-likeness (QED) is 0.727. The van der Waals surface area contributed by atoms with Crippen molar-refractivity contribution >= 4 is 28.2 Å². The number of carbonyl (C=O) groups is 2. The van der Waals surface area contributed by atoms with E-state index in [4.69, 9.17) is 4.74 Å². The summed E-state index contributed by atoms with van der Waals surface area (Å²) in [6, 6.07) is 6.34. The number of hydrogen-bond donors (Lipinski definition) is 2. The molecule has 0 bridgehead atoms. The molecule has 2 aromatic rings. The molecule has 0 spiro atoms. The summed E-state index contributed by atoms with van der Waals surface area (Å²) in [5, 5.41) is 3.45. The van der Waals surface area contributed by atoms with Crippen LogP contribution in [0.15, 0.2) is 24.3 Å². The zero-order valence-corrected chi connectivity index (χ0v) is 17.2. The second-order valence-corrected chi connectivity index (χ2v) is 8.37. The van der Waals surface area contributed by atoms with Gasteiger partial charge in [-0.1, -0.05) is 12.1 Å². The molecule has 0 saturated carbocycles. The van der Waals surface area contributed by atoms with Crippen LogP contribution >= 0.6 is 11.3 Å². The fraction of sp³-hybridized carbons (Fsp3) is 0.429. The summed E-state index contributed by atoms with van der Waals surface area (Å²) in [5.41, 5.74) is 2.22. The minimum Gasteiger partial charge on any atom is -0.462 e. The number of quaternary nitrogens is 1. The lowest BCUT2D eigenvalue weighted by Crippen LogP contribution is -3.14. The van der Waals surface area contributed by atoms with E-state index in [0.29, 0.717) is 22.2 Å². The molecule has 1 aromatic carbocycles. The summed E-state index contributed by atoms with van der Waals surface area (Å²) in [5.74, 6) is -0.953. The molecule has 0 radical (unpaired) electrons. The average molecular weight is 406 g/mol. The van der Waals surface area contributed by atoms with Gasteiger partial charge in [0.2, 0.25) is 5.91 Å². The Balaban J connectivity index is 1.83. The number of amides is 1. The highest BCUT2D eigenvalue weighted by atomic mass is 32.1. The highest BCUT2D eigenvalue weighted by Gasteiger charge is 2.32. The number of carbonyl (C=O) groups excluding carboxylic acids is 2. The van der Waals surface area contributed by atoms with Crippen molar-refractivity contribution in [3.05, 3.63) is 51.7 Å². The van der Waals surface area contributed by atoms with E-state index in [1.54, 1.807) is 19.1 Å². The van der Waals surface area contributed by atoms with Crippen molar-refractivity contribution in [1.29, 1.82) is 0 Å². The van der Waals surface area contributed by atoms with Gasteiger partial charge in [-0.3, -0.25) is 4.79 Å². The molecule has 1 unspecified atom stereocenters. The zero-order chi connectivity index (χ0) is 20.3. The van der Waals surface area contributed by atoms with Gasteiger partial charge in [0, 0.05) is 6.42 Å². The van der Waals surface area contributed by atoms with Gasteiger partial charge in [0.15, 0.2) is 0 Å². The number of rotatable bonds is 6. The first-order chi connectivity index (χ1) is 13.4. The normalized spacial score (nSPS) is 16.0. The van der Waals surface area contributed by atoms with Crippen molar-refractivity contribution in [1.82, 2.24) is 0 Å². The lowest BCUT2D eigenvalue weighted by atomic mass is 10.0. The van der Waals surface area contributed by atoms with Gasteiger partial charge in [0.05, 0.1) is 36.1 Å². The molecule has 2 N–H and O–H groups in total. The molecule has 1 aliphatic rings. The highest BCUT2D eigenvalue weighted by molar-refractivity contribution is 7.17. The summed E-state index contributed by atoms with van der Waals surface area (Å²) in [7, 11) is 0. The van der Waals surface area contributed by atoms with Gasteiger partial charge in [0.25, 0.3) is 0 Å². The summed E-state index contributed by atoms with van der Waals surface area (Å²) >= 11 is 1.47. The Kier molecular flexibility index (Phi) is 6.46. The smallest absolute Gasteiger partial charge is 0.341 e. The summed E-state index contributed by atoms with van der Waals surface area (Å²) in [4.78, 5) is 27.7. The molecule has 5 nitrogen and oxygen atoms in total. The zero-order valence-electron chi connectivity index (χ0n) is 16.4. The van der Waals surface area contributed by atoms with Crippen LogP contribution in [0.5, 0.6) is 0 Å². The number of esters is 1. The van der Waals surface area contributed by atoms with Gasteiger partial charge in [-0.15, -0.1) is 11.3 Å². The van der Waals surface area contributed by atoms with E-state index in [-0.39, 0.29) is 30.7 Å². The van der Waals surface area contributed by atoms with Gasteiger partial charge in [-0.05, 0) is 44.0 Å². The minimum absolute atomic E-state index is 0.120. The van der Waals surface area contributed by atoms with E-state index in [0.717, 1.165) is 30.0 Å². The van der Waals surface area contributed by atoms with E-state index in [2.05, 4.69) is 19.2 Å². The predicted octanol–water partition coefficient (Wildman–Crippen LogP) is 2.59. The van der Waals surface area contributed by atoms with Crippen LogP contribution in [0.3, 0.4) is 0 Å². The molecule has 0 aliphatic carbocycles. The Labute approximate surface area is 168 Å². The number of anilines is 1. The molecule has 1 aliphatic heterocycles. The summed E-state index contributed by atoms with van der Waals surface area (Å²) in [6.45, 7) is 8.23. The molecule has 1 amide bonds. The molecule has 0 saturated heterocycles. The van der Waals surface area contributed by atoms with Crippen molar-refractivity contribution in [2.24, 2.45) is 0 Å². The minimum atomic E-state index is -0.384. The SMILES string of the molecule is CCOC(=O)c1c(NC(=O)Cc2ccc(F)cc2)sc2c1CC[NH+](C(C)C)C2. The van der Waals surface area contributed by atoms with Crippen LogP contribution < -0.4 is 10.2 Å². The van der Waals surface area contributed by atoms with Crippen molar-refractivity contribution in [2.45, 2.75) is 46.2 Å². The van der Waals surface area contributed by atoms with Gasteiger partial charge in [-0.25, -0.2) is 9.18 Å². The Bertz CT molecular complexity index is 861. The molecule has 150 valence electrons. The number of halogens is 1. The monoisotopic (exact) mass is 405 g/mol. The molecule has 7 heteroatoms. The maximum atomic E-state index is 13.1. The van der Waals surface area contributed by atoms with Crippen LogP contribution in [0, 0.1) is 5.82 Å². The van der Waals surface area contributed by atoms with Crippen LogP contribution in [-0.2, 0) is 28.9 Å². The summed E-state index contributed by atoms with van der Waals surface area (Å²) in [6.07, 6.45) is 0.913. The Morgan fingerprint density at radius 1 is 1.29 bits per heavy atom. The van der Waals surface area contributed by atoms with Gasteiger partial charge < -0.3 is 15.0 Å². The average Bonchev–Trinajstić information content (AvgIpc) is 3.00. The molecule has 3 rings (SSSR count). The number of fused-ring (bicyclic) bond motifs is 1. The molecule has 28 heavy (non-hydrogen) atoms. The first-order valence-electron chi connectivity index (χ1n) is 9.59. The summed E-state index contributed by atoms with van der Waals surface area (Å²) < 4.78 is 18.3. The largest absolute Gasteiger partial charge is 0.462 e. The van der Waals surface area contributed by atoms with Crippen LogP contribution in [-0.4, -0.2) is 31.1 Å². The lowest BCUT2D eigenvalue weighted by Gasteiger charge is -2.27. The van der Waals surface area contributed by atoms with E-state index in [1.165, 1.54) is 28.4 Å². The number of ether oxygens (including phenoxy) is 1. The molecule has 1 atom stereocenters. The molecular weight excluding hydrogens is 379 g/mol. The van der Waals surface area contributed by atoms with E-state index in [9.17, 15) is 14.0 Å². The maximum absolute atomic E-state index is 13.1. The van der Waals surface area contributed by atoms with Gasteiger partial charge >= 0.3 is 5.97 Å². The Morgan fingerprint density at radius 3 is 2.64 bits per heavy atom. The van der Waals surface area contributed by atoms with Crippen LogP contribution in [0.25, 0.3) is 0 Å². The second kappa shape index (κ2) is 8.84. The maximum Gasteiger partial charge on any atom is 0.341 e. The van der Waals surface area contributed by atoms with Gasteiger partial charge in [-0.2, -0.15) is 0 Å². The van der Waals surface area contributed by atoms with Crippen molar-refractivity contribution in [3.8, 4) is 0 Å². The second-order valence-electron chi connectivity index (χ2n) is 7.27. The Morgan fingerprint density at radius 2 is 2.00 bits per heavy atom. The van der Waals surface area contributed by atoms with Crippen LogP contribution in [0.2, 0.25) is 0 Å². The fourth-order valence-electron chi connectivity index (χ4n) is 3.46. The van der Waals surface area contributed by atoms with Gasteiger partial charge in [0.1, 0.15) is 17.4 Å². The van der Waals surface area contributed by atoms with Crippen LogP contribution in [0.1, 0.15) is 47.1 Å².